The van der Waals surface area contributed by atoms with Crippen LogP contribution in [0, 0.1) is 13.8 Å². The summed E-state index contributed by atoms with van der Waals surface area (Å²) in [5.41, 5.74) is 2.26. The van der Waals surface area contributed by atoms with Gasteiger partial charge in [-0.25, -0.2) is 4.98 Å². The fourth-order valence-electron chi connectivity index (χ4n) is 2.01. The second kappa shape index (κ2) is 7.61. The van der Waals surface area contributed by atoms with Crippen molar-refractivity contribution < 1.29 is 0 Å². The minimum atomic E-state index is 0.142. The Kier molecular flexibility index (Phi) is 5.80. The number of rotatable bonds is 4. The molecule has 22 heavy (non-hydrogen) atoms. The Labute approximate surface area is 140 Å². The lowest BCUT2D eigenvalue weighted by molar-refractivity contribution is 0.684. The van der Waals surface area contributed by atoms with Crippen LogP contribution in [0.3, 0.4) is 0 Å². The average Bonchev–Trinajstić information content (AvgIpc) is 2.82. The van der Waals surface area contributed by atoms with Crippen molar-refractivity contribution in [2.45, 2.75) is 33.4 Å². The highest BCUT2D eigenvalue weighted by molar-refractivity contribution is 7.11. The molecule has 0 saturated heterocycles. The van der Waals surface area contributed by atoms with E-state index in [1.54, 1.807) is 18.4 Å². The molecule has 1 aromatic heterocycles. The number of benzene rings is 1. The van der Waals surface area contributed by atoms with Gasteiger partial charge in [-0.15, -0.1) is 11.3 Å². The molecular formula is C16H21ClN4S. The number of hydrogen-bond acceptors (Lipinski definition) is 3. The molecule has 4 nitrogen and oxygen atoms in total. The highest BCUT2D eigenvalue weighted by Crippen LogP contribution is 2.17. The summed E-state index contributed by atoms with van der Waals surface area (Å²) in [6, 6.07) is 7.96. The fourth-order valence-corrected chi connectivity index (χ4v) is 3.01. The largest absolute Gasteiger partial charge is 0.350 e. The van der Waals surface area contributed by atoms with Gasteiger partial charge in [-0.05, 0) is 38.5 Å². The summed E-state index contributed by atoms with van der Waals surface area (Å²) in [5.74, 6) is 0.757. The van der Waals surface area contributed by atoms with E-state index in [0.717, 1.165) is 27.2 Å². The second-order valence-electron chi connectivity index (χ2n) is 5.09. The third-order valence-corrected chi connectivity index (χ3v) is 4.75. The summed E-state index contributed by atoms with van der Waals surface area (Å²) >= 11 is 7.63. The molecule has 1 unspecified atom stereocenters. The van der Waals surface area contributed by atoms with E-state index >= 15 is 0 Å². The van der Waals surface area contributed by atoms with E-state index in [2.05, 4.69) is 34.5 Å². The Balaban J connectivity index is 1.93. The van der Waals surface area contributed by atoms with Gasteiger partial charge in [0.1, 0.15) is 5.01 Å². The maximum Gasteiger partial charge on any atom is 0.191 e. The normalized spacial score (nSPS) is 13.0. The van der Waals surface area contributed by atoms with Crippen LogP contribution in [0.2, 0.25) is 5.02 Å². The predicted octanol–water partition coefficient (Wildman–Crippen LogP) is 3.84. The van der Waals surface area contributed by atoms with Crippen LogP contribution >= 0.6 is 22.9 Å². The highest BCUT2D eigenvalue weighted by Gasteiger charge is 2.09. The van der Waals surface area contributed by atoms with Crippen LogP contribution in [0.15, 0.2) is 29.3 Å². The number of halogens is 1. The molecule has 0 aliphatic carbocycles. The van der Waals surface area contributed by atoms with Gasteiger partial charge in [-0.2, -0.15) is 0 Å². The monoisotopic (exact) mass is 336 g/mol. The lowest BCUT2D eigenvalue weighted by Crippen LogP contribution is -2.38. The molecule has 0 fully saturated rings. The number of nitrogens with one attached hydrogen (secondary N) is 2. The van der Waals surface area contributed by atoms with E-state index in [0.29, 0.717) is 6.54 Å². The number of guanidine groups is 1. The number of aliphatic imine (C=N–C) groups is 1. The number of aromatic nitrogens is 1. The molecule has 0 amide bonds. The molecule has 2 aromatic rings. The lowest BCUT2D eigenvalue weighted by Gasteiger charge is -2.18. The van der Waals surface area contributed by atoms with Gasteiger partial charge in [0.2, 0.25) is 0 Å². The van der Waals surface area contributed by atoms with Gasteiger partial charge in [0.05, 0.1) is 18.3 Å². The first kappa shape index (κ1) is 16.8. The molecule has 2 N–H and O–H groups in total. The van der Waals surface area contributed by atoms with Gasteiger partial charge < -0.3 is 10.6 Å². The topological polar surface area (TPSA) is 49.3 Å². The van der Waals surface area contributed by atoms with Crippen molar-refractivity contribution in [1.82, 2.24) is 15.6 Å². The zero-order valence-corrected chi connectivity index (χ0v) is 14.8. The van der Waals surface area contributed by atoms with Crippen LogP contribution in [0.25, 0.3) is 0 Å². The SMILES string of the molecule is CN=C(NCc1nc(C)c(C)s1)NC(C)c1ccc(Cl)cc1. The summed E-state index contributed by atoms with van der Waals surface area (Å²) in [6.45, 7) is 6.89. The summed E-state index contributed by atoms with van der Waals surface area (Å²) in [7, 11) is 1.77. The van der Waals surface area contributed by atoms with Gasteiger partial charge >= 0.3 is 0 Å². The molecule has 118 valence electrons. The van der Waals surface area contributed by atoms with Gasteiger partial charge in [0, 0.05) is 16.9 Å². The molecule has 6 heteroatoms. The fraction of sp³-hybridized carbons (Fsp3) is 0.375. The number of hydrogen-bond donors (Lipinski definition) is 2. The highest BCUT2D eigenvalue weighted by atomic mass is 35.5. The van der Waals surface area contributed by atoms with Crippen molar-refractivity contribution in [1.29, 1.82) is 0 Å². The summed E-state index contributed by atoms with van der Waals surface area (Å²) in [4.78, 5) is 10.0. The zero-order valence-electron chi connectivity index (χ0n) is 13.3. The van der Waals surface area contributed by atoms with Crippen LogP contribution < -0.4 is 10.6 Å². The molecule has 0 radical (unpaired) electrons. The number of nitrogens with zero attached hydrogens (tertiary/aromatic N) is 2. The van der Waals surface area contributed by atoms with E-state index < -0.39 is 0 Å². The van der Waals surface area contributed by atoms with Crippen molar-refractivity contribution in [2.75, 3.05) is 7.05 Å². The van der Waals surface area contributed by atoms with Gasteiger partial charge in [0.25, 0.3) is 0 Å². The zero-order chi connectivity index (χ0) is 16.1. The molecule has 0 saturated carbocycles. The van der Waals surface area contributed by atoms with E-state index in [1.807, 2.05) is 31.2 Å². The van der Waals surface area contributed by atoms with Gasteiger partial charge in [-0.3, -0.25) is 4.99 Å². The van der Waals surface area contributed by atoms with Crippen molar-refractivity contribution in [3.8, 4) is 0 Å². The van der Waals surface area contributed by atoms with E-state index in [1.165, 1.54) is 4.88 Å². The maximum atomic E-state index is 5.92. The second-order valence-corrected chi connectivity index (χ2v) is 6.82. The summed E-state index contributed by atoms with van der Waals surface area (Å²) < 4.78 is 0. The molecule has 0 spiro atoms. The number of aryl methyl sites for hydroxylation is 2. The van der Waals surface area contributed by atoms with Crippen molar-refractivity contribution in [3.05, 3.63) is 50.4 Å². The number of thiazole rings is 1. The van der Waals surface area contributed by atoms with Crippen molar-refractivity contribution in [3.63, 3.8) is 0 Å². The standard InChI is InChI=1S/C16H21ClN4S/c1-10-12(3)22-15(20-10)9-19-16(18-4)21-11(2)13-5-7-14(17)8-6-13/h5-8,11H,9H2,1-4H3,(H2,18,19,21). The van der Waals surface area contributed by atoms with Crippen LogP contribution in [0.5, 0.6) is 0 Å². The Morgan fingerprint density at radius 1 is 1.32 bits per heavy atom. The minimum absolute atomic E-state index is 0.142. The Bertz CT molecular complexity index is 629. The van der Waals surface area contributed by atoms with Gasteiger partial charge in [-0.1, -0.05) is 23.7 Å². The third-order valence-electron chi connectivity index (χ3n) is 3.43. The Hall–Kier alpha value is -1.59. The van der Waals surface area contributed by atoms with Crippen LogP contribution in [-0.2, 0) is 6.54 Å². The smallest absolute Gasteiger partial charge is 0.191 e. The van der Waals surface area contributed by atoms with E-state index in [9.17, 15) is 0 Å². The molecule has 0 aliphatic rings. The summed E-state index contributed by atoms with van der Waals surface area (Å²) in [6.07, 6.45) is 0. The molecule has 1 aromatic carbocycles. The minimum Gasteiger partial charge on any atom is -0.350 e. The average molecular weight is 337 g/mol. The first-order valence-electron chi connectivity index (χ1n) is 7.15. The summed E-state index contributed by atoms with van der Waals surface area (Å²) in [5, 5.41) is 8.48. The first-order chi connectivity index (χ1) is 10.5. The molecule has 0 bridgehead atoms. The van der Waals surface area contributed by atoms with E-state index in [-0.39, 0.29) is 6.04 Å². The maximum absolute atomic E-state index is 5.92. The first-order valence-corrected chi connectivity index (χ1v) is 8.34. The Morgan fingerprint density at radius 2 is 2.00 bits per heavy atom. The van der Waals surface area contributed by atoms with Crippen molar-refractivity contribution in [2.24, 2.45) is 4.99 Å². The lowest BCUT2D eigenvalue weighted by atomic mass is 10.1. The molecule has 1 heterocycles. The van der Waals surface area contributed by atoms with Crippen LogP contribution in [-0.4, -0.2) is 18.0 Å². The van der Waals surface area contributed by atoms with E-state index in [4.69, 9.17) is 11.6 Å². The molecular weight excluding hydrogens is 316 g/mol. The molecule has 2 rings (SSSR count). The third kappa shape index (κ3) is 4.45. The quantitative estimate of drug-likeness (QED) is 0.658. The molecule has 1 atom stereocenters. The van der Waals surface area contributed by atoms with Crippen LogP contribution in [0.4, 0.5) is 0 Å². The van der Waals surface area contributed by atoms with Gasteiger partial charge in [0.15, 0.2) is 5.96 Å². The predicted molar refractivity (Wildman–Crippen MR) is 94.8 cm³/mol. The Morgan fingerprint density at radius 3 is 2.55 bits per heavy atom. The van der Waals surface area contributed by atoms with Crippen LogP contribution in [0.1, 0.15) is 34.1 Å². The van der Waals surface area contributed by atoms with Crippen molar-refractivity contribution >= 4 is 28.9 Å². The molecule has 0 aliphatic heterocycles.